The first-order chi connectivity index (χ1) is 14.9. The lowest BCUT2D eigenvalue weighted by molar-refractivity contribution is 0.102. The van der Waals surface area contributed by atoms with Gasteiger partial charge >= 0.3 is 0 Å². The maximum atomic E-state index is 12.7. The summed E-state index contributed by atoms with van der Waals surface area (Å²) < 4.78 is 3.56. The van der Waals surface area contributed by atoms with E-state index in [0.29, 0.717) is 34.5 Å². The number of hydrogen-bond donors (Lipinski definition) is 1. The van der Waals surface area contributed by atoms with Gasteiger partial charge in [0.05, 0.1) is 29.5 Å². The van der Waals surface area contributed by atoms with Crippen LogP contribution in [-0.4, -0.2) is 25.5 Å². The number of anilines is 1. The second kappa shape index (κ2) is 8.96. The molecule has 0 spiro atoms. The number of halogens is 2. The molecule has 0 radical (unpaired) electrons. The summed E-state index contributed by atoms with van der Waals surface area (Å²) in [6.45, 7) is 4.97. The van der Waals surface area contributed by atoms with Crippen LogP contribution in [0, 0.1) is 13.8 Å². The molecule has 6 nitrogen and oxygen atoms in total. The fourth-order valence-electron chi connectivity index (χ4n) is 3.28. The normalized spacial score (nSPS) is 11.0. The Morgan fingerprint density at radius 1 is 0.935 bits per heavy atom. The van der Waals surface area contributed by atoms with Crippen molar-refractivity contribution in [1.29, 1.82) is 0 Å². The van der Waals surface area contributed by atoms with Gasteiger partial charge in [-0.2, -0.15) is 10.2 Å². The van der Waals surface area contributed by atoms with Crippen molar-refractivity contribution in [2.24, 2.45) is 0 Å². The number of nitrogens with one attached hydrogen (secondary N) is 1. The molecule has 0 aliphatic rings. The summed E-state index contributed by atoms with van der Waals surface area (Å²) in [4.78, 5) is 12.7. The van der Waals surface area contributed by atoms with Crippen LogP contribution in [0.4, 0.5) is 5.82 Å². The van der Waals surface area contributed by atoms with Crippen LogP contribution in [-0.2, 0) is 13.1 Å². The molecular weight excluding hydrogens is 433 g/mol. The lowest BCUT2D eigenvalue weighted by Gasteiger charge is -2.07. The number of amides is 1. The Labute approximate surface area is 190 Å². The number of aromatic nitrogens is 4. The first kappa shape index (κ1) is 21.2. The molecule has 0 aliphatic carbocycles. The third kappa shape index (κ3) is 4.81. The zero-order valence-corrected chi connectivity index (χ0v) is 18.7. The molecule has 0 saturated heterocycles. The Balaban J connectivity index is 1.42. The van der Waals surface area contributed by atoms with Crippen LogP contribution >= 0.6 is 23.2 Å². The molecule has 158 valence electrons. The average molecular weight is 454 g/mol. The fourth-order valence-corrected chi connectivity index (χ4v) is 3.61. The molecule has 2 heterocycles. The van der Waals surface area contributed by atoms with E-state index in [-0.39, 0.29) is 5.91 Å². The summed E-state index contributed by atoms with van der Waals surface area (Å²) in [5, 5.41) is 12.7. The van der Waals surface area contributed by atoms with Gasteiger partial charge in [-0.05, 0) is 37.1 Å². The van der Waals surface area contributed by atoms with E-state index < -0.39 is 0 Å². The number of carbonyl (C=O) groups excluding carboxylic acids is 1. The molecule has 2 aromatic heterocycles. The van der Waals surface area contributed by atoms with Gasteiger partial charge in [-0.1, -0.05) is 65.7 Å². The van der Waals surface area contributed by atoms with E-state index in [2.05, 4.69) is 15.5 Å². The molecule has 1 amide bonds. The predicted molar refractivity (Wildman–Crippen MR) is 123 cm³/mol. The summed E-state index contributed by atoms with van der Waals surface area (Å²) in [5.41, 5.74) is 4.35. The molecule has 0 saturated carbocycles. The highest BCUT2D eigenvalue weighted by molar-refractivity contribution is 6.33. The average Bonchev–Trinajstić information content (AvgIpc) is 3.22. The Morgan fingerprint density at radius 2 is 1.61 bits per heavy atom. The van der Waals surface area contributed by atoms with Crippen LogP contribution in [0.15, 0.2) is 60.8 Å². The molecule has 0 unspecified atom stereocenters. The largest absolute Gasteiger partial charge is 0.304 e. The molecule has 0 bridgehead atoms. The van der Waals surface area contributed by atoms with Crippen LogP contribution < -0.4 is 5.32 Å². The van der Waals surface area contributed by atoms with Crippen molar-refractivity contribution in [3.05, 3.63) is 98.9 Å². The van der Waals surface area contributed by atoms with E-state index in [0.717, 1.165) is 22.5 Å². The predicted octanol–water partition coefficient (Wildman–Crippen LogP) is 5.35. The van der Waals surface area contributed by atoms with Gasteiger partial charge in [-0.3, -0.25) is 14.2 Å². The van der Waals surface area contributed by atoms with E-state index in [1.165, 1.54) is 0 Å². The number of hydrogen-bond acceptors (Lipinski definition) is 3. The van der Waals surface area contributed by atoms with Crippen molar-refractivity contribution in [3.63, 3.8) is 0 Å². The maximum Gasteiger partial charge on any atom is 0.256 e. The van der Waals surface area contributed by atoms with Crippen molar-refractivity contribution in [2.45, 2.75) is 26.9 Å². The third-order valence-corrected chi connectivity index (χ3v) is 5.80. The highest BCUT2D eigenvalue weighted by Crippen LogP contribution is 2.22. The van der Waals surface area contributed by atoms with Crippen LogP contribution in [0.1, 0.15) is 32.9 Å². The Bertz CT molecular complexity index is 1210. The molecule has 4 rings (SSSR count). The number of aryl methyl sites for hydroxylation is 1. The lowest BCUT2D eigenvalue weighted by atomic mass is 10.1. The molecule has 0 atom stereocenters. The second-order valence-electron chi connectivity index (χ2n) is 7.30. The molecule has 0 aliphatic heterocycles. The van der Waals surface area contributed by atoms with Gasteiger partial charge in [0.15, 0.2) is 5.82 Å². The highest BCUT2D eigenvalue weighted by atomic mass is 35.5. The summed E-state index contributed by atoms with van der Waals surface area (Å²) in [6.07, 6.45) is 1.70. The highest BCUT2D eigenvalue weighted by Gasteiger charge is 2.14. The zero-order valence-electron chi connectivity index (χ0n) is 17.1. The summed E-state index contributed by atoms with van der Waals surface area (Å²) in [5.74, 6) is 0.0662. The monoisotopic (exact) mass is 453 g/mol. The van der Waals surface area contributed by atoms with E-state index in [1.54, 1.807) is 23.0 Å². The van der Waals surface area contributed by atoms with Crippen molar-refractivity contribution in [3.8, 4) is 0 Å². The van der Waals surface area contributed by atoms with Crippen LogP contribution in [0.5, 0.6) is 0 Å². The Kier molecular flexibility index (Phi) is 6.11. The smallest absolute Gasteiger partial charge is 0.256 e. The minimum absolute atomic E-state index is 0.271. The van der Waals surface area contributed by atoms with Crippen molar-refractivity contribution in [2.75, 3.05) is 5.32 Å². The third-order valence-electron chi connectivity index (χ3n) is 4.98. The van der Waals surface area contributed by atoms with Gasteiger partial charge in [0.1, 0.15) is 5.02 Å². The summed E-state index contributed by atoms with van der Waals surface area (Å²) >= 11 is 12.5. The van der Waals surface area contributed by atoms with E-state index >= 15 is 0 Å². The molecule has 0 fully saturated rings. The van der Waals surface area contributed by atoms with Crippen LogP contribution in [0.3, 0.4) is 0 Å². The number of benzene rings is 2. The number of carbonyl (C=O) groups is 1. The molecule has 31 heavy (non-hydrogen) atoms. The van der Waals surface area contributed by atoms with Crippen molar-refractivity contribution < 1.29 is 4.79 Å². The first-order valence-electron chi connectivity index (χ1n) is 9.77. The zero-order chi connectivity index (χ0) is 22.0. The van der Waals surface area contributed by atoms with Crippen molar-refractivity contribution >= 4 is 34.9 Å². The minimum atomic E-state index is -0.271. The summed E-state index contributed by atoms with van der Waals surface area (Å²) in [6, 6.07) is 17.3. The van der Waals surface area contributed by atoms with Crippen molar-refractivity contribution in [1.82, 2.24) is 19.6 Å². The van der Waals surface area contributed by atoms with E-state index in [1.807, 2.05) is 61.0 Å². The second-order valence-corrected chi connectivity index (χ2v) is 8.09. The van der Waals surface area contributed by atoms with Gasteiger partial charge in [-0.15, -0.1) is 0 Å². The van der Waals surface area contributed by atoms with Crippen LogP contribution in [0.2, 0.25) is 10.0 Å². The molecule has 1 N–H and O–H groups in total. The Morgan fingerprint density at radius 3 is 2.26 bits per heavy atom. The fraction of sp³-hybridized carbons (Fsp3) is 0.174. The minimum Gasteiger partial charge on any atom is -0.304 e. The number of nitrogens with zero attached hydrogens (tertiary/aromatic N) is 4. The summed E-state index contributed by atoms with van der Waals surface area (Å²) in [7, 11) is 0. The SMILES string of the molecule is Cc1nn(Cc2ccc(C(=O)Nc3nn(Cc4ccccc4)cc3Cl)cc2)c(C)c1Cl. The Hall–Kier alpha value is -3.09. The van der Waals surface area contributed by atoms with Gasteiger partial charge in [0.25, 0.3) is 5.91 Å². The quantitative estimate of drug-likeness (QED) is 0.427. The lowest BCUT2D eigenvalue weighted by Crippen LogP contribution is -2.13. The molecule has 8 heteroatoms. The van der Waals surface area contributed by atoms with Gasteiger partial charge < -0.3 is 5.32 Å². The van der Waals surface area contributed by atoms with Gasteiger partial charge in [0.2, 0.25) is 0 Å². The van der Waals surface area contributed by atoms with Gasteiger partial charge in [0, 0.05) is 11.8 Å². The number of rotatable bonds is 6. The van der Waals surface area contributed by atoms with E-state index in [9.17, 15) is 4.79 Å². The molecule has 2 aromatic carbocycles. The topological polar surface area (TPSA) is 64.7 Å². The van der Waals surface area contributed by atoms with E-state index in [4.69, 9.17) is 23.2 Å². The van der Waals surface area contributed by atoms with Crippen LogP contribution in [0.25, 0.3) is 0 Å². The first-order valence-corrected chi connectivity index (χ1v) is 10.5. The standard InChI is InChI=1S/C23H21Cl2N5O/c1-15-21(25)16(2)30(27-15)13-18-8-10-19(11-9-18)23(31)26-22-20(24)14-29(28-22)12-17-6-4-3-5-7-17/h3-11,14H,12-13H2,1-2H3,(H,26,28,31). The molecular formula is C23H21Cl2N5O. The maximum absolute atomic E-state index is 12.7. The molecule has 4 aromatic rings. The van der Waals surface area contributed by atoms with Gasteiger partial charge in [-0.25, -0.2) is 0 Å².